The van der Waals surface area contributed by atoms with Gasteiger partial charge in [-0.2, -0.15) is 0 Å². The number of carbonyl (C=O) groups is 3. The van der Waals surface area contributed by atoms with Crippen molar-refractivity contribution >= 4 is 18.0 Å². The van der Waals surface area contributed by atoms with Gasteiger partial charge in [0.2, 0.25) is 5.91 Å². The average Bonchev–Trinajstić information content (AvgIpc) is 3.32. The molecule has 3 rings (SSSR count). The van der Waals surface area contributed by atoms with E-state index in [0.29, 0.717) is 25.8 Å². The fourth-order valence-electron chi connectivity index (χ4n) is 4.22. The summed E-state index contributed by atoms with van der Waals surface area (Å²) in [4.78, 5) is 37.5. The number of aliphatic carboxylic acids is 1. The summed E-state index contributed by atoms with van der Waals surface area (Å²) in [6.07, 6.45) is 7.99. The Kier molecular flexibility index (Phi) is 11.2. The SMILES string of the molecule is CC[C@H](C)[C@@H](NC(=O)OCc1ccccc1)C(=O)N1CCC[C@H]1C(=O)[O-].[NH3+]C1CCCCC1. The van der Waals surface area contributed by atoms with E-state index in [1.54, 1.807) is 0 Å². The first-order chi connectivity index (χ1) is 15.8. The first-order valence-electron chi connectivity index (χ1n) is 12.1. The Balaban J connectivity index is 0.000000468. The molecule has 1 heterocycles. The van der Waals surface area contributed by atoms with Crippen molar-refractivity contribution in [3.05, 3.63) is 35.9 Å². The number of carbonyl (C=O) groups excluding carboxylic acids is 3. The molecule has 184 valence electrons. The minimum Gasteiger partial charge on any atom is -0.548 e. The minimum atomic E-state index is -1.26. The Labute approximate surface area is 196 Å². The molecule has 3 atom stereocenters. The van der Waals surface area contributed by atoms with Gasteiger partial charge in [-0.3, -0.25) is 4.79 Å². The van der Waals surface area contributed by atoms with Gasteiger partial charge in [0, 0.05) is 6.54 Å². The molecule has 0 bridgehead atoms. The molecule has 8 heteroatoms. The van der Waals surface area contributed by atoms with Crippen molar-refractivity contribution < 1.29 is 30.0 Å². The van der Waals surface area contributed by atoms with E-state index in [4.69, 9.17) is 4.74 Å². The summed E-state index contributed by atoms with van der Waals surface area (Å²) in [7, 11) is 0. The summed E-state index contributed by atoms with van der Waals surface area (Å²) in [5.74, 6) is -1.82. The van der Waals surface area contributed by atoms with Crippen molar-refractivity contribution in [1.82, 2.24) is 10.2 Å². The van der Waals surface area contributed by atoms with Gasteiger partial charge in [0.05, 0.1) is 18.1 Å². The number of nitrogens with zero attached hydrogens (tertiary/aromatic N) is 1. The predicted molar refractivity (Wildman–Crippen MR) is 123 cm³/mol. The molecular formula is C25H39N3O5. The number of hydrogen-bond acceptors (Lipinski definition) is 5. The molecule has 1 saturated carbocycles. The highest BCUT2D eigenvalue weighted by Gasteiger charge is 2.36. The quantitative estimate of drug-likeness (QED) is 0.638. The van der Waals surface area contributed by atoms with Crippen LogP contribution in [-0.2, 0) is 20.9 Å². The van der Waals surface area contributed by atoms with Crippen LogP contribution in [0.5, 0.6) is 0 Å². The fourth-order valence-corrected chi connectivity index (χ4v) is 4.22. The number of carboxylic acids is 1. The summed E-state index contributed by atoms with van der Waals surface area (Å²) in [6.45, 7) is 4.19. The molecule has 4 N–H and O–H groups in total. The van der Waals surface area contributed by atoms with Crippen LogP contribution in [0.4, 0.5) is 4.79 Å². The van der Waals surface area contributed by atoms with Crippen LogP contribution in [-0.4, -0.2) is 47.5 Å². The van der Waals surface area contributed by atoms with Crippen molar-refractivity contribution in [1.29, 1.82) is 0 Å². The highest BCUT2D eigenvalue weighted by atomic mass is 16.5. The Morgan fingerprint density at radius 1 is 1.12 bits per heavy atom. The van der Waals surface area contributed by atoms with Crippen molar-refractivity contribution in [3.8, 4) is 0 Å². The summed E-state index contributed by atoms with van der Waals surface area (Å²) >= 11 is 0. The lowest BCUT2D eigenvalue weighted by molar-refractivity contribution is -0.425. The molecule has 0 unspecified atom stereocenters. The Bertz CT molecular complexity index is 752. The van der Waals surface area contributed by atoms with Crippen LogP contribution in [0.1, 0.15) is 70.8 Å². The van der Waals surface area contributed by atoms with Crippen LogP contribution in [0.3, 0.4) is 0 Å². The predicted octanol–water partition coefficient (Wildman–Crippen LogP) is 1.63. The third-order valence-electron chi connectivity index (χ3n) is 6.50. The Morgan fingerprint density at radius 3 is 2.33 bits per heavy atom. The van der Waals surface area contributed by atoms with Crippen LogP contribution in [0, 0.1) is 5.92 Å². The van der Waals surface area contributed by atoms with Crippen molar-refractivity contribution in [2.75, 3.05) is 6.54 Å². The second-order valence-electron chi connectivity index (χ2n) is 9.08. The van der Waals surface area contributed by atoms with Gasteiger partial charge in [0.15, 0.2) is 0 Å². The van der Waals surface area contributed by atoms with E-state index in [1.807, 2.05) is 44.2 Å². The fraction of sp³-hybridized carbons (Fsp3) is 0.640. The zero-order valence-electron chi connectivity index (χ0n) is 20.0. The van der Waals surface area contributed by atoms with Gasteiger partial charge in [-0.1, -0.05) is 57.0 Å². The molecule has 1 aliphatic heterocycles. The molecule has 1 aliphatic carbocycles. The van der Waals surface area contributed by atoms with E-state index in [-0.39, 0.29) is 12.5 Å². The number of amides is 2. The summed E-state index contributed by atoms with van der Waals surface area (Å²) in [5.41, 5.74) is 4.84. The molecule has 33 heavy (non-hydrogen) atoms. The number of likely N-dealkylation sites (tertiary alicyclic amines) is 1. The van der Waals surface area contributed by atoms with Crippen molar-refractivity contribution in [2.45, 2.75) is 89.9 Å². The molecule has 2 aliphatic rings. The third-order valence-corrected chi connectivity index (χ3v) is 6.50. The maximum absolute atomic E-state index is 12.8. The maximum atomic E-state index is 12.8. The number of carboxylic acid groups (broad SMARTS) is 1. The molecule has 0 radical (unpaired) electrons. The number of hydrogen-bond donors (Lipinski definition) is 2. The smallest absolute Gasteiger partial charge is 0.408 e. The van der Waals surface area contributed by atoms with Crippen LogP contribution >= 0.6 is 0 Å². The van der Waals surface area contributed by atoms with Crippen LogP contribution in [0.2, 0.25) is 0 Å². The molecule has 1 saturated heterocycles. The number of alkyl carbamates (subject to hydrolysis) is 1. The van der Waals surface area contributed by atoms with E-state index < -0.39 is 30.1 Å². The lowest BCUT2D eigenvalue weighted by Gasteiger charge is -2.32. The molecule has 0 aromatic heterocycles. The van der Waals surface area contributed by atoms with Gasteiger partial charge < -0.3 is 30.6 Å². The minimum absolute atomic E-state index is 0.0967. The number of quaternary nitrogens is 1. The second-order valence-corrected chi connectivity index (χ2v) is 9.08. The molecule has 1 aromatic rings. The molecule has 1 aromatic carbocycles. The largest absolute Gasteiger partial charge is 0.548 e. The average molecular weight is 462 g/mol. The lowest BCUT2D eigenvalue weighted by atomic mass is 9.97. The second kappa shape index (κ2) is 13.8. The summed E-state index contributed by atoms with van der Waals surface area (Å²) in [5, 5.41) is 13.9. The van der Waals surface area contributed by atoms with Gasteiger partial charge in [0.25, 0.3) is 0 Å². The first-order valence-corrected chi connectivity index (χ1v) is 12.1. The summed E-state index contributed by atoms with van der Waals surface area (Å²) < 4.78 is 5.19. The maximum Gasteiger partial charge on any atom is 0.408 e. The van der Waals surface area contributed by atoms with E-state index >= 15 is 0 Å². The van der Waals surface area contributed by atoms with Gasteiger partial charge in [-0.15, -0.1) is 0 Å². The monoisotopic (exact) mass is 461 g/mol. The van der Waals surface area contributed by atoms with Gasteiger partial charge in [0.1, 0.15) is 12.6 Å². The van der Waals surface area contributed by atoms with Gasteiger partial charge >= 0.3 is 6.09 Å². The Hall–Kier alpha value is -2.61. The van der Waals surface area contributed by atoms with Crippen molar-refractivity contribution in [3.63, 3.8) is 0 Å². The van der Waals surface area contributed by atoms with E-state index in [9.17, 15) is 19.5 Å². The van der Waals surface area contributed by atoms with Crippen LogP contribution < -0.4 is 16.2 Å². The third kappa shape index (κ3) is 8.68. The number of ether oxygens (including phenoxy) is 1. The van der Waals surface area contributed by atoms with Crippen LogP contribution in [0.25, 0.3) is 0 Å². The zero-order chi connectivity index (χ0) is 24.2. The molecule has 0 spiro atoms. The molecule has 8 nitrogen and oxygen atoms in total. The summed E-state index contributed by atoms with van der Waals surface area (Å²) in [6, 6.07) is 8.24. The van der Waals surface area contributed by atoms with E-state index in [1.165, 1.54) is 37.0 Å². The standard InChI is InChI=1S/C19H26N2O5.C6H13N/c1-3-13(2)16(17(22)21-11-7-10-15(21)18(23)24)20-19(25)26-12-14-8-5-4-6-9-14;7-6-4-2-1-3-5-6/h4-6,8-9,13,15-16H,3,7,10-12H2,1-2H3,(H,20,25)(H,23,24);6H,1-5,7H2/t13-,15-,16+;/m0./s1. The first kappa shape index (κ1) is 26.6. The number of nitrogens with one attached hydrogen (secondary N) is 1. The van der Waals surface area contributed by atoms with Crippen LogP contribution in [0.15, 0.2) is 30.3 Å². The number of rotatable bonds is 7. The highest BCUT2D eigenvalue weighted by Crippen LogP contribution is 2.21. The molecular weight excluding hydrogens is 422 g/mol. The van der Waals surface area contributed by atoms with Gasteiger partial charge in [-0.25, -0.2) is 4.79 Å². The van der Waals surface area contributed by atoms with E-state index in [2.05, 4.69) is 11.1 Å². The van der Waals surface area contributed by atoms with Gasteiger partial charge in [-0.05, 0) is 50.0 Å². The van der Waals surface area contributed by atoms with E-state index in [0.717, 1.165) is 11.6 Å². The normalized spacial score (nSPS) is 20.2. The Morgan fingerprint density at radius 2 is 1.79 bits per heavy atom. The lowest BCUT2D eigenvalue weighted by Crippen LogP contribution is -2.61. The highest BCUT2D eigenvalue weighted by molar-refractivity contribution is 5.89. The van der Waals surface area contributed by atoms with Crippen molar-refractivity contribution in [2.24, 2.45) is 5.92 Å². The molecule has 2 fully saturated rings. The zero-order valence-corrected chi connectivity index (χ0v) is 20.0. The molecule has 2 amide bonds. The topological polar surface area (TPSA) is 126 Å². The number of benzene rings is 1.